The van der Waals surface area contributed by atoms with Crippen LogP contribution in [0.25, 0.3) is 0 Å². The van der Waals surface area contributed by atoms with Crippen molar-refractivity contribution in [2.75, 3.05) is 5.32 Å². The number of nitrogens with one attached hydrogen (secondary N) is 3. The Balaban J connectivity index is 1.65. The molecular weight excluding hydrogens is 423 g/mol. The van der Waals surface area contributed by atoms with Gasteiger partial charge in [0.15, 0.2) is 0 Å². The molecule has 0 bridgehead atoms. The molecule has 0 heterocycles. The zero-order chi connectivity index (χ0) is 21.5. The van der Waals surface area contributed by atoms with Crippen molar-refractivity contribution >= 4 is 52.6 Å². The van der Waals surface area contributed by atoms with Gasteiger partial charge in [-0.2, -0.15) is 5.10 Å². The van der Waals surface area contributed by atoms with Crippen molar-refractivity contribution in [3.8, 4) is 0 Å². The maximum atomic E-state index is 12.0. The Hall–Kier alpha value is -2.57. The Bertz CT molecular complexity index is 956. The van der Waals surface area contributed by atoms with Gasteiger partial charge >= 0.3 is 11.8 Å². The van der Waals surface area contributed by atoms with Crippen molar-refractivity contribution in [1.29, 1.82) is 0 Å². The first-order chi connectivity index (χ1) is 14.4. The van der Waals surface area contributed by atoms with Crippen LogP contribution in [0.5, 0.6) is 0 Å². The first-order valence-electron chi connectivity index (χ1n) is 9.89. The van der Waals surface area contributed by atoms with E-state index in [9.17, 15) is 9.59 Å². The lowest BCUT2D eigenvalue weighted by Crippen LogP contribution is -2.44. The summed E-state index contributed by atoms with van der Waals surface area (Å²) >= 11 is 12.2. The molecule has 2 aromatic carbocycles. The predicted molar refractivity (Wildman–Crippen MR) is 122 cm³/mol. The number of carbonyl (C=O) groups is 2. The number of benzene rings is 2. The molecule has 1 aliphatic rings. The number of aryl methyl sites for hydroxylation is 1. The largest absolute Gasteiger partial charge is 0.355 e. The highest BCUT2D eigenvalue weighted by Crippen LogP contribution is 2.27. The highest BCUT2D eigenvalue weighted by Gasteiger charge is 2.20. The van der Waals surface area contributed by atoms with E-state index >= 15 is 0 Å². The average Bonchev–Trinajstić information content (AvgIpc) is 2.73. The number of hydrogen-bond donors (Lipinski definition) is 3. The van der Waals surface area contributed by atoms with E-state index in [4.69, 9.17) is 23.2 Å². The van der Waals surface area contributed by atoms with E-state index in [1.807, 2.05) is 31.2 Å². The van der Waals surface area contributed by atoms with Crippen LogP contribution >= 0.6 is 23.2 Å². The predicted octanol–water partition coefficient (Wildman–Crippen LogP) is 4.94. The van der Waals surface area contributed by atoms with Crippen LogP contribution in [0.2, 0.25) is 10.0 Å². The van der Waals surface area contributed by atoms with Crippen LogP contribution in [0.15, 0.2) is 41.5 Å². The normalized spacial score (nSPS) is 14.5. The molecule has 30 heavy (non-hydrogen) atoms. The number of hydrazone groups is 1. The summed E-state index contributed by atoms with van der Waals surface area (Å²) in [4.78, 5) is 24.1. The lowest BCUT2D eigenvalue weighted by Gasteiger charge is -2.22. The molecule has 0 aliphatic heterocycles. The van der Waals surface area contributed by atoms with Gasteiger partial charge in [0.1, 0.15) is 0 Å². The summed E-state index contributed by atoms with van der Waals surface area (Å²) < 4.78 is 0. The summed E-state index contributed by atoms with van der Waals surface area (Å²) in [6, 6.07) is 10.9. The third kappa shape index (κ3) is 6.21. The van der Waals surface area contributed by atoms with E-state index in [0.717, 1.165) is 42.6 Å². The Morgan fingerprint density at radius 2 is 1.67 bits per heavy atom. The van der Waals surface area contributed by atoms with Gasteiger partial charge in [0.2, 0.25) is 0 Å². The maximum Gasteiger partial charge on any atom is 0.329 e. The number of nitrogens with zero attached hydrogens (tertiary/aromatic N) is 1. The van der Waals surface area contributed by atoms with Gasteiger partial charge in [-0.25, -0.2) is 5.43 Å². The van der Waals surface area contributed by atoms with Gasteiger partial charge in [0.05, 0.1) is 6.21 Å². The third-order valence-electron chi connectivity index (χ3n) is 5.00. The molecule has 8 heteroatoms. The zero-order valence-electron chi connectivity index (χ0n) is 16.7. The lowest BCUT2D eigenvalue weighted by atomic mass is 9.95. The van der Waals surface area contributed by atoms with E-state index in [-0.39, 0.29) is 6.04 Å². The van der Waals surface area contributed by atoms with Gasteiger partial charge in [0.25, 0.3) is 0 Å². The quantitative estimate of drug-likeness (QED) is 0.345. The van der Waals surface area contributed by atoms with Crippen LogP contribution in [0, 0.1) is 6.92 Å². The molecule has 2 aromatic rings. The van der Waals surface area contributed by atoms with E-state index < -0.39 is 11.8 Å². The van der Waals surface area contributed by atoms with Crippen LogP contribution in [-0.4, -0.2) is 24.1 Å². The van der Waals surface area contributed by atoms with Crippen LogP contribution in [-0.2, 0) is 9.59 Å². The SMILES string of the molecule is Cc1ccc(Cl)cc1Nc1ccc(Cl)cc1/C=N\NC(=O)C(=O)NC1CCCCC1. The van der Waals surface area contributed by atoms with E-state index in [1.54, 1.807) is 12.1 Å². The van der Waals surface area contributed by atoms with Crippen LogP contribution in [0.3, 0.4) is 0 Å². The van der Waals surface area contributed by atoms with Gasteiger partial charge in [-0.3, -0.25) is 9.59 Å². The summed E-state index contributed by atoms with van der Waals surface area (Å²) in [6.07, 6.45) is 6.57. The standard InChI is InChI=1S/C22H24Cl2N4O2/c1-14-7-8-17(24)12-20(14)27-19-10-9-16(23)11-15(19)13-25-28-22(30)21(29)26-18-5-3-2-4-6-18/h7-13,18,27H,2-6H2,1H3,(H,26,29)(H,28,30)/b25-13-. The minimum absolute atomic E-state index is 0.0608. The summed E-state index contributed by atoms with van der Waals surface area (Å²) in [6.45, 7) is 1.97. The van der Waals surface area contributed by atoms with Gasteiger partial charge < -0.3 is 10.6 Å². The summed E-state index contributed by atoms with van der Waals surface area (Å²) in [5.41, 5.74) is 5.52. The molecule has 6 nitrogen and oxygen atoms in total. The number of anilines is 2. The Kier molecular flexibility index (Phi) is 7.71. The highest BCUT2D eigenvalue weighted by molar-refractivity contribution is 6.35. The number of hydrogen-bond acceptors (Lipinski definition) is 4. The van der Waals surface area contributed by atoms with Crippen molar-refractivity contribution in [1.82, 2.24) is 10.7 Å². The fourth-order valence-corrected chi connectivity index (χ4v) is 3.69. The molecule has 1 saturated carbocycles. The van der Waals surface area contributed by atoms with Gasteiger partial charge in [-0.15, -0.1) is 0 Å². The number of amides is 2. The van der Waals surface area contributed by atoms with Crippen molar-refractivity contribution in [3.05, 3.63) is 57.6 Å². The summed E-state index contributed by atoms with van der Waals surface area (Å²) in [7, 11) is 0. The molecule has 158 valence electrons. The molecule has 0 spiro atoms. The highest BCUT2D eigenvalue weighted by atomic mass is 35.5. The molecule has 0 saturated heterocycles. The molecule has 3 N–H and O–H groups in total. The molecule has 0 aromatic heterocycles. The fraction of sp³-hybridized carbons (Fsp3) is 0.318. The van der Waals surface area contributed by atoms with Crippen molar-refractivity contribution in [2.45, 2.75) is 45.1 Å². The molecule has 2 amide bonds. The van der Waals surface area contributed by atoms with Crippen LogP contribution < -0.4 is 16.1 Å². The van der Waals surface area contributed by atoms with Crippen LogP contribution in [0.4, 0.5) is 11.4 Å². The molecule has 3 rings (SSSR count). The maximum absolute atomic E-state index is 12.0. The lowest BCUT2D eigenvalue weighted by molar-refractivity contribution is -0.139. The zero-order valence-corrected chi connectivity index (χ0v) is 18.2. The van der Waals surface area contributed by atoms with E-state index in [0.29, 0.717) is 15.6 Å². The minimum Gasteiger partial charge on any atom is -0.355 e. The Morgan fingerprint density at radius 1 is 0.967 bits per heavy atom. The van der Waals surface area contributed by atoms with Gasteiger partial charge in [-0.05, 0) is 55.7 Å². The number of rotatable bonds is 5. The smallest absolute Gasteiger partial charge is 0.329 e. The van der Waals surface area contributed by atoms with E-state index in [1.165, 1.54) is 12.6 Å². The molecular formula is C22H24Cl2N4O2. The van der Waals surface area contributed by atoms with Crippen LogP contribution in [0.1, 0.15) is 43.2 Å². The fourth-order valence-electron chi connectivity index (χ4n) is 3.34. The minimum atomic E-state index is -0.793. The topological polar surface area (TPSA) is 82.6 Å². The first kappa shape index (κ1) is 22.1. The first-order valence-corrected chi connectivity index (χ1v) is 10.6. The second kappa shape index (κ2) is 10.5. The number of carbonyl (C=O) groups excluding carboxylic acids is 2. The van der Waals surface area contributed by atoms with E-state index in [2.05, 4.69) is 21.2 Å². The van der Waals surface area contributed by atoms with Crippen molar-refractivity contribution in [2.24, 2.45) is 5.10 Å². The monoisotopic (exact) mass is 446 g/mol. The average molecular weight is 447 g/mol. The second-order valence-electron chi connectivity index (χ2n) is 7.32. The van der Waals surface area contributed by atoms with Crippen molar-refractivity contribution < 1.29 is 9.59 Å². The Labute approximate surface area is 186 Å². The molecule has 0 unspecified atom stereocenters. The third-order valence-corrected chi connectivity index (χ3v) is 5.47. The van der Waals surface area contributed by atoms with Gasteiger partial charge in [0, 0.05) is 33.0 Å². The summed E-state index contributed by atoms with van der Waals surface area (Å²) in [5, 5.41) is 11.1. The Morgan fingerprint density at radius 3 is 2.43 bits per heavy atom. The number of halogens is 2. The second-order valence-corrected chi connectivity index (χ2v) is 8.20. The van der Waals surface area contributed by atoms with Gasteiger partial charge in [-0.1, -0.05) is 48.5 Å². The molecule has 1 aliphatic carbocycles. The summed E-state index contributed by atoms with van der Waals surface area (Å²) in [5.74, 6) is -1.46. The molecule has 0 atom stereocenters. The molecule has 1 fully saturated rings. The molecule has 0 radical (unpaired) electrons. The van der Waals surface area contributed by atoms with Crippen molar-refractivity contribution in [3.63, 3.8) is 0 Å².